The van der Waals surface area contributed by atoms with Gasteiger partial charge in [0, 0.05) is 45.3 Å². The van der Waals surface area contributed by atoms with E-state index < -0.39 is 0 Å². The molecule has 128 valence electrons. The first-order valence-electron chi connectivity index (χ1n) is 8.07. The van der Waals surface area contributed by atoms with E-state index in [1.54, 1.807) is 25.7 Å². The summed E-state index contributed by atoms with van der Waals surface area (Å²) in [7, 11) is 1.71. The van der Waals surface area contributed by atoms with Gasteiger partial charge in [-0.3, -0.25) is 4.79 Å². The summed E-state index contributed by atoms with van der Waals surface area (Å²) in [4.78, 5) is 26.9. The second-order valence-electron chi connectivity index (χ2n) is 5.71. The number of nitrogens with one attached hydrogen (secondary N) is 1. The van der Waals surface area contributed by atoms with Gasteiger partial charge in [0.05, 0.1) is 12.1 Å². The number of carbonyl (C=O) groups excluding carboxylic acids is 1. The summed E-state index contributed by atoms with van der Waals surface area (Å²) in [6.07, 6.45) is 7.66. The standard InChI is InChI=1S/C16H22N6O2/c1-3-21-7-6-18-15(21)16(23)19-9-12-8-13(24-2)10-22(12)14-4-5-17-11-20-14/h4-7,11-13H,3,8-10H2,1-2H3,(H,19,23)/t12-,13-/m1/s1. The summed E-state index contributed by atoms with van der Waals surface area (Å²) in [5, 5.41) is 2.98. The van der Waals surface area contributed by atoms with Crippen LogP contribution in [-0.4, -0.2) is 57.8 Å². The maximum Gasteiger partial charge on any atom is 0.287 e. The number of carbonyl (C=O) groups is 1. The first-order valence-corrected chi connectivity index (χ1v) is 8.07. The van der Waals surface area contributed by atoms with Crippen LogP contribution in [0.2, 0.25) is 0 Å². The molecule has 2 aromatic heterocycles. The lowest BCUT2D eigenvalue weighted by Crippen LogP contribution is -2.41. The van der Waals surface area contributed by atoms with E-state index in [-0.39, 0.29) is 18.1 Å². The molecule has 1 aliphatic heterocycles. The third-order valence-corrected chi connectivity index (χ3v) is 4.33. The highest BCUT2D eigenvalue weighted by molar-refractivity contribution is 5.90. The maximum atomic E-state index is 12.4. The molecule has 0 aromatic carbocycles. The number of amides is 1. The van der Waals surface area contributed by atoms with Gasteiger partial charge < -0.3 is 19.5 Å². The molecular weight excluding hydrogens is 308 g/mol. The van der Waals surface area contributed by atoms with Gasteiger partial charge in [-0.1, -0.05) is 0 Å². The van der Waals surface area contributed by atoms with E-state index in [1.165, 1.54) is 6.33 Å². The summed E-state index contributed by atoms with van der Waals surface area (Å²) in [6, 6.07) is 2.00. The van der Waals surface area contributed by atoms with Crippen LogP contribution in [0, 0.1) is 0 Å². The van der Waals surface area contributed by atoms with Crippen molar-refractivity contribution < 1.29 is 9.53 Å². The van der Waals surface area contributed by atoms with E-state index in [0.717, 1.165) is 18.8 Å². The molecule has 3 rings (SSSR count). The molecule has 1 fully saturated rings. The van der Waals surface area contributed by atoms with Crippen LogP contribution in [0.4, 0.5) is 5.82 Å². The summed E-state index contributed by atoms with van der Waals surface area (Å²) >= 11 is 0. The number of anilines is 1. The van der Waals surface area contributed by atoms with Crippen molar-refractivity contribution in [2.75, 3.05) is 25.1 Å². The highest BCUT2D eigenvalue weighted by Gasteiger charge is 2.33. The van der Waals surface area contributed by atoms with Crippen LogP contribution in [0.25, 0.3) is 0 Å². The van der Waals surface area contributed by atoms with Gasteiger partial charge in [0.25, 0.3) is 5.91 Å². The highest BCUT2D eigenvalue weighted by atomic mass is 16.5. The summed E-state index contributed by atoms with van der Waals surface area (Å²) in [5.74, 6) is 1.12. The molecule has 0 aliphatic carbocycles. The number of aromatic nitrogens is 4. The Bertz CT molecular complexity index is 674. The van der Waals surface area contributed by atoms with E-state index in [9.17, 15) is 4.79 Å². The van der Waals surface area contributed by atoms with Crippen LogP contribution < -0.4 is 10.2 Å². The van der Waals surface area contributed by atoms with E-state index in [4.69, 9.17) is 4.74 Å². The molecule has 2 atom stereocenters. The topological polar surface area (TPSA) is 85.2 Å². The number of imidazole rings is 1. The number of nitrogens with zero attached hydrogens (tertiary/aromatic N) is 5. The molecule has 3 heterocycles. The average molecular weight is 330 g/mol. The Hall–Kier alpha value is -2.48. The van der Waals surface area contributed by atoms with Gasteiger partial charge in [0.15, 0.2) is 5.82 Å². The van der Waals surface area contributed by atoms with Gasteiger partial charge in [-0.2, -0.15) is 0 Å². The lowest BCUT2D eigenvalue weighted by molar-refractivity contribution is 0.0932. The van der Waals surface area contributed by atoms with Crippen molar-refractivity contribution in [2.24, 2.45) is 0 Å². The van der Waals surface area contributed by atoms with Gasteiger partial charge in [-0.15, -0.1) is 0 Å². The van der Waals surface area contributed by atoms with E-state index in [0.29, 0.717) is 18.9 Å². The minimum absolute atomic E-state index is 0.124. The van der Waals surface area contributed by atoms with Crippen molar-refractivity contribution in [3.63, 3.8) is 0 Å². The van der Waals surface area contributed by atoms with Crippen molar-refractivity contribution in [1.29, 1.82) is 0 Å². The minimum Gasteiger partial charge on any atom is -0.380 e. The zero-order valence-electron chi connectivity index (χ0n) is 13.9. The zero-order valence-corrected chi connectivity index (χ0v) is 13.9. The number of aryl methyl sites for hydroxylation is 1. The lowest BCUT2D eigenvalue weighted by Gasteiger charge is -2.25. The van der Waals surface area contributed by atoms with Crippen molar-refractivity contribution in [2.45, 2.75) is 32.0 Å². The molecule has 0 radical (unpaired) electrons. The summed E-state index contributed by atoms with van der Waals surface area (Å²) in [5.41, 5.74) is 0. The van der Waals surface area contributed by atoms with Crippen molar-refractivity contribution in [3.05, 3.63) is 36.8 Å². The predicted molar refractivity (Wildman–Crippen MR) is 88.8 cm³/mol. The Morgan fingerprint density at radius 3 is 3.00 bits per heavy atom. The Labute approximate surface area is 140 Å². The zero-order chi connectivity index (χ0) is 16.9. The van der Waals surface area contributed by atoms with E-state index >= 15 is 0 Å². The van der Waals surface area contributed by atoms with Crippen LogP contribution in [0.5, 0.6) is 0 Å². The van der Waals surface area contributed by atoms with E-state index in [2.05, 4.69) is 25.2 Å². The average Bonchev–Trinajstić information content (AvgIpc) is 3.26. The van der Waals surface area contributed by atoms with Crippen molar-refractivity contribution in [3.8, 4) is 0 Å². The Morgan fingerprint density at radius 1 is 1.42 bits per heavy atom. The third-order valence-electron chi connectivity index (χ3n) is 4.33. The third kappa shape index (κ3) is 3.38. The second kappa shape index (κ2) is 7.39. The number of hydrogen-bond donors (Lipinski definition) is 1. The molecule has 24 heavy (non-hydrogen) atoms. The van der Waals surface area contributed by atoms with Gasteiger partial charge in [-0.05, 0) is 19.4 Å². The number of methoxy groups -OCH3 is 1. The molecular formula is C16H22N6O2. The Morgan fingerprint density at radius 2 is 2.29 bits per heavy atom. The minimum atomic E-state index is -0.162. The molecule has 1 aliphatic rings. The normalized spacial score (nSPS) is 20.3. The molecule has 1 saturated heterocycles. The molecule has 2 aromatic rings. The molecule has 0 bridgehead atoms. The first kappa shape index (κ1) is 16.4. The number of rotatable bonds is 6. The summed E-state index contributed by atoms with van der Waals surface area (Å²) < 4.78 is 7.32. The van der Waals surface area contributed by atoms with Crippen LogP contribution >= 0.6 is 0 Å². The molecule has 8 heteroatoms. The monoisotopic (exact) mass is 330 g/mol. The van der Waals surface area contributed by atoms with Crippen LogP contribution in [0.1, 0.15) is 24.0 Å². The smallest absolute Gasteiger partial charge is 0.287 e. The summed E-state index contributed by atoms with van der Waals surface area (Å²) in [6.45, 7) is 3.96. The van der Waals surface area contributed by atoms with Gasteiger partial charge >= 0.3 is 0 Å². The second-order valence-corrected chi connectivity index (χ2v) is 5.71. The molecule has 8 nitrogen and oxygen atoms in total. The number of ether oxygens (including phenoxy) is 1. The SMILES string of the molecule is CCn1ccnc1C(=O)NC[C@H]1C[C@@H](OC)CN1c1ccncn1. The highest BCUT2D eigenvalue weighted by Crippen LogP contribution is 2.24. The van der Waals surface area contributed by atoms with Crippen LogP contribution in [0.3, 0.4) is 0 Å². The van der Waals surface area contributed by atoms with E-state index in [1.807, 2.05) is 17.6 Å². The molecule has 0 spiro atoms. The lowest BCUT2D eigenvalue weighted by atomic mass is 10.2. The largest absolute Gasteiger partial charge is 0.380 e. The Balaban J connectivity index is 1.67. The van der Waals surface area contributed by atoms with Gasteiger partial charge in [-0.25, -0.2) is 15.0 Å². The predicted octanol–water partition coefficient (Wildman–Crippen LogP) is 0.717. The molecule has 1 N–H and O–H groups in total. The van der Waals surface area contributed by atoms with Crippen molar-refractivity contribution in [1.82, 2.24) is 24.8 Å². The quantitative estimate of drug-likeness (QED) is 0.840. The van der Waals surface area contributed by atoms with Crippen LogP contribution in [-0.2, 0) is 11.3 Å². The van der Waals surface area contributed by atoms with Crippen LogP contribution in [0.15, 0.2) is 31.0 Å². The first-order chi connectivity index (χ1) is 11.7. The fourth-order valence-corrected chi connectivity index (χ4v) is 3.04. The fourth-order valence-electron chi connectivity index (χ4n) is 3.04. The molecule has 0 unspecified atom stereocenters. The fraction of sp³-hybridized carbons (Fsp3) is 0.500. The van der Waals surface area contributed by atoms with Gasteiger partial charge in [0.1, 0.15) is 12.1 Å². The van der Waals surface area contributed by atoms with Crippen molar-refractivity contribution >= 4 is 11.7 Å². The molecule has 1 amide bonds. The van der Waals surface area contributed by atoms with Gasteiger partial charge in [0.2, 0.25) is 0 Å². The molecule has 0 saturated carbocycles. The maximum absolute atomic E-state index is 12.4. The number of hydrogen-bond acceptors (Lipinski definition) is 6. The Kier molecular flexibility index (Phi) is 5.05.